The molecule has 1 aromatic carbocycles. The van der Waals surface area contributed by atoms with Crippen LogP contribution in [0.3, 0.4) is 0 Å². The molecule has 1 unspecified atom stereocenters. The van der Waals surface area contributed by atoms with Crippen molar-refractivity contribution in [2.45, 2.75) is 32.7 Å². The van der Waals surface area contributed by atoms with Gasteiger partial charge in [-0.15, -0.1) is 0 Å². The second-order valence-electron chi connectivity index (χ2n) is 4.52. The summed E-state index contributed by atoms with van der Waals surface area (Å²) in [6.07, 6.45) is 0. The maximum atomic E-state index is 10.8. The molecule has 1 atom stereocenters. The van der Waals surface area contributed by atoms with Gasteiger partial charge in [-0.05, 0) is 30.0 Å². The van der Waals surface area contributed by atoms with Gasteiger partial charge in [-0.3, -0.25) is 4.79 Å². The number of carbonyl (C=O) groups excluding carboxylic acids is 1. The lowest BCUT2D eigenvalue weighted by molar-refractivity contribution is -0.119. The van der Waals surface area contributed by atoms with Crippen LogP contribution in [0.15, 0.2) is 18.2 Å². The van der Waals surface area contributed by atoms with Crippen LogP contribution in [0.25, 0.3) is 0 Å². The number of benzene rings is 1. The molecule has 0 aliphatic heterocycles. The van der Waals surface area contributed by atoms with Gasteiger partial charge in [0.25, 0.3) is 0 Å². The average molecular weight is 236 g/mol. The van der Waals surface area contributed by atoms with E-state index in [1.807, 2.05) is 25.1 Å². The Balaban J connectivity index is 2.82. The number of carbonyl (C=O) groups is 1. The zero-order valence-electron chi connectivity index (χ0n) is 10.6. The summed E-state index contributed by atoms with van der Waals surface area (Å²) >= 11 is 0. The molecule has 0 radical (unpaired) electrons. The monoisotopic (exact) mass is 236 g/mol. The molecule has 1 rings (SSSR count). The van der Waals surface area contributed by atoms with Crippen molar-refractivity contribution in [3.05, 3.63) is 29.3 Å². The smallest absolute Gasteiger partial charge is 0.237 e. The highest BCUT2D eigenvalue weighted by Gasteiger charge is 2.13. The normalized spacial score (nSPS) is 12.5. The van der Waals surface area contributed by atoms with E-state index in [-0.39, 0.29) is 6.61 Å². The fourth-order valence-corrected chi connectivity index (χ4v) is 1.51. The number of rotatable bonds is 5. The highest BCUT2D eigenvalue weighted by atomic mass is 16.5. The maximum absolute atomic E-state index is 10.8. The van der Waals surface area contributed by atoms with Gasteiger partial charge in [0.2, 0.25) is 5.91 Å². The third kappa shape index (κ3) is 3.75. The van der Waals surface area contributed by atoms with Crippen molar-refractivity contribution >= 4 is 5.91 Å². The van der Waals surface area contributed by atoms with Crippen LogP contribution in [-0.2, 0) is 4.79 Å². The quantitative estimate of drug-likeness (QED) is 0.809. The molecular weight excluding hydrogens is 216 g/mol. The summed E-state index contributed by atoms with van der Waals surface area (Å²) in [5, 5.41) is 0. The third-order valence-electron chi connectivity index (χ3n) is 2.57. The Labute approximate surface area is 102 Å². The first kappa shape index (κ1) is 13.5. The molecule has 0 saturated heterocycles. The largest absolute Gasteiger partial charge is 0.491 e. The van der Waals surface area contributed by atoms with Crippen molar-refractivity contribution in [3.63, 3.8) is 0 Å². The van der Waals surface area contributed by atoms with Gasteiger partial charge in [0.15, 0.2) is 0 Å². The van der Waals surface area contributed by atoms with Gasteiger partial charge in [0.05, 0.1) is 0 Å². The van der Waals surface area contributed by atoms with Crippen LogP contribution in [0.4, 0.5) is 0 Å². The number of ether oxygens (including phenoxy) is 1. The Kier molecular flexibility index (Phi) is 4.52. The minimum absolute atomic E-state index is 0.110. The SMILES string of the molecule is Cc1ccc(C(C)C)c(OCC(N)C(N)=O)c1. The van der Waals surface area contributed by atoms with E-state index in [0.717, 1.165) is 16.9 Å². The average Bonchev–Trinajstić information content (AvgIpc) is 2.25. The van der Waals surface area contributed by atoms with Crippen molar-refractivity contribution in [3.8, 4) is 5.75 Å². The molecule has 17 heavy (non-hydrogen) atoms. The Morgan fingerprint density at radius 1 is 1.41 bits per heavy atom. The van der Waals surface area contributed by atoms with Gasteiger partial charge in [-0.25, -0.2) is 0 Å². The molecule has 0 saturated carbocycles. The van der Waals surface area contributed by atoms with E-state index < -0.39 is 11.9 Å². The van der Waals surface area contributed by atoms with Gasteiger partial charge < -0.3 is 16.2 Å². The second-order valence-corrected chi connectivity index (χ2v) is 4.52. The van der Waals surface area contributed by atoms with Gasteiger partial charge >= 0.3 is 0 Å². The van der Waals surface area contributed by atoms with Crippen molar-refractivity contribution in [1.29, 1.82) is 0 Å². The van der Waals surface area contributed by atoms with E-state index in [2.05, 4.69) is 13.8 Å². The lowest BCUT2D eigenvalue weighted by Crippen LogP contribution is -2.41. The summed E-state index contributed by atoms with van der Waals surface area (Å²) < 4.78 is 5.58. The molecule has 1 aromatic rings. The van der Waals surface area contributed by atoms with Crippen LogP contribution in [-0.4, -0.2) is 18.6 Å². The molecule has 4 heteroatoms. The Hall–Kier alpha value is -1.55. The van der Waals surface area contributed by atoms with Crippen LogP contribution in [0, 0.1) is 6.92 Å². The molecule has 0 aromatic heterocycles. The van der Waals surface area contributed by atoms with E-state index >= 15 is 0 Å². The van der Waals surface area contributed by atoms with E-state index in [0.29, 0.717) is 5.92 Å². The Morgan fingerprint density at radius 2 is 2.06 bits per heavy atom. The lowest BCUT2D eigenvalue weighted by atomic mass is 10.0. The van der Waals surface area contributed by atoms with E-state index in [1.54, 1.807) is 0 Å². The first-order valence-corrected chi connectivity index (χ1v) is 5.70. The number of hydrogen-bond acceptors (Lipinski definition) is 3. The number of amides is 1. The first-order valence-electron chi connectivity index (χ1n) is 5.70. The molecule has 0 fully saturated rings. The maximum Gasteiger partial charge on any atom is 0.237 e. The fourth-order valence-electron chi connectivity index (χ4n) is 1.51. The molecule has 4 N–H and O–H groups in total. The van der Waals surface area contributed by atoms with Gasteiger partial charge in [-0.2, -0.15) is 0 Å². The molecular formula is C13H20N2O2. The number of nitrogens with two attached hydrogens (primary N) is 2. The minimum atomic E-state index is -0.768. The van der Waals surface area contributed by atoms with Gasteiger partial charge in [0, 0.05) is 0 Å². The van der Waals surface area contributed by atoms with Crippen molar-refractivity contribution < 1.29 is 9.53 Å². The summed E-state index contributed by atoms with van der Waals surface area (Å²) in [4.78, 5) is 10.8. The van der Waals surface area contributed by atoms with Crippen molar-refractivity contribution in [1.82, 2.24) is 0 Å². The predicted octanol–water partition coefficient (Wildman–Crippen LogP) is 1.31. The molecule has 94 valence electrons. The van der Waals surface area contributed by atoms with Gasteiger partial charge in [0.1, 0.15) is 18.4 Å². The molecule has 0 heterocycles. The highest BCUT2D eigenvalue weighted by Crippen LogP contribution is 2.27. The predicted molar refractivity (Wildman–Crippen MR) is 67.9 cm³/mol. The first-order chi connectivity index (χ1) is 7.91. The molecule has 1 amide bonds. The molecule has 0 aliphatic rings. The van der Waals surface area contributed by atoms with Crippen LogP contribution in [0.5, 0.6) is 5.75 Å². The van der Waals surface area contributed by atoms with E-state index in [1.165, 1.54) is 0 Å². The zero-order chi connectivity index (χ0) is 13.0. The molecule has 0 bridgehead atoms. The number of primary amides is 1. The van der Waals surface area contributed by atoms with Crippen LogP contribution in [0.2, 0.25) is 0 Å². The summed E-state index contributed by atoms with van der Waals surface area (Å²) in [5.41, 5.74) is 12.8. The number of aryl methyl sites for hydroxylation is 1. The standard InChI is InChI=1S/C13H20N2O2/c1-8(2)10-5-4-9(3)6-12(10)17-7-11(14)13(15)16/h4-6,8,11H,7,14H2,1-3H3,(H2,15,16). The molecule has 0 spiro atoms. The number of hydrogen-bond donors (Lipinski definition) is 2. The minimum Gasteiger partial charge on any atom is -0.491 e. The summed E-state index contributed by atoms with van der Waals surface area (Å²) in [7, 11) is 0. The van der Waals surface area contributed by atoms with Crippen molar-refractivity contribution in [2.24, 2.45) is 11.5 Å². The Bertz CT molecular complexity index is 402. The second kappa shape index (κ2) is 5.68. The van der Waals surface area contributed by atoms with Gasteiger partial charge in [-0.1, -0.05) is 26.0 Å². The van der Waals surface area contributed by atoms with Crippen LogP contribution in [0.1, 0.15) is 30.9 Å². The highest BCUT2D eigenvalue weighted by molar-refractivity contribution is 5.79. The fraction of sp³-hybridized carbons (Fsp3) is 0.462. The van der Waals surface area contributed by atoms with Crippen molar-refractivity contribution in [2.75, 3.05) is 6.61 Å². The molecule has 4 nitrogen and oxygen atoms in total. The lowest BCUT2D eigenvalue weighted by Gasteiger charge is -2.16. The summed E-state index contributed by atoms with van der Waals surface area (Å²) in [6, 6.07) is 5.25. The third-order valence-corrected chi connectivity index (χ3v) is 2.57. The Morgan fingerprint density at radius 3 is 2.59 bits per heavy atom. The van der Waals surface area contributed by atoms with Crippen LogP contribution < -0.4 is 16.2 Å². The summed E-state index contributed by atoms with van der Waals surface area (Å²) in [6.45, 7) is 6.28. The topological polar surface area (TPSA) is 78.3 Å². The van der Waals surface area contributed by atoms with E-state index in [9.17, 15) is 4.79 Å². The van der Waals surface area contributed by atoms with Crippen LogP contribution >= 0.6 is 0 Å². The summed E-state index contributed by atoms with van der Waals surface area (Å²) in [5.74, 6) is 0.579. The van der Waals surface area contributed by atoms with E-state index in [4.69, 9.17) is 16.2 Å². The molecule has 0 aliphatic carbocycles. The zero-order valence-corrected chi connectivity index (χ0v) is 10.6.